The van der Waals surface area contributed by atoms with Crippen molar-refractivity contribution in [2.24, 2.45) is 0 Å². The molecule has 0 aliphatic heterocycles. The number of para-hydroxylation sites is 1. The molecule has 4 heteroatoms. The van der Waals surface area contributed by atoms with Crippen molar-refractivity contribution in [1.82, 2.24) is 19.5 Å². The van der Waals surface area contributed by atoms with Gasteiger partial charge in [-0.2, -0.15) is 0 Å². The third kappa shape index (κ3) is 5.34. The fourth-order valence-corrected chi connectivity index (χ4v) is 8.54. The van der Waals surface area contributed by atoms with E-state index in [9.17, 15) is 0 Å². The zero-order chi connectivity index (χ0) is 37.0. The monoisotopic (exact) mass is 714 g/mol. The number of aromatic nitrogens is 4. The number of benzene rings is 8. The van der Waals surface area contributed by atoms with Crippen LogP contribution in [-0.2, 0) is 0 Å². The molecule has 10 aromatic rings. The largest absolute Gasteiger partial charge is 0.309 e. The highest BCUT2D eigenvalue weighted by Crippen LogP contribution is 2.49. The molecule has 0 spiro atoms. The predicted molar refractivity (Wildman–Crippen MR) is 229 cm³/mol. The quantitative estimate of drug-likeness (QED) is 0.172. The number of hydrogen-bond donors (Lipinski definition) is 0. The highest BCUT2D eigenvalue weighted by molar-refractivity contribution is 6.10. The van der Waals surface area contributed by atoms with Crippen molar-refractivity contribution in [3.8, 4) is 62.1 Å². The normalized spacial score (nSPS) is 13.2. The summed E-state index contributed by atoms with van der Waals surface area (Å²) < 4.78 is 2.36. The molecule has 262 valence electrons. The lowest BCUT2D eigenvalue weighted by atomic mass is 9.88. The van der Waals surface area contributed by atoms with Crippen molar-refractivity contribution in [3.63, 3.8) is 0 Å². The van der Waals surface area contributed by atoms with Crippen molar-refractivity contribution in [2.75, 3.05) is 0 Å². The Labute approximate surface area is 325 Å². The van der Waals surface area contributed by atoms with Gasteiger partial charge in [0.1, 0.15) is 0 Å². The summed E-state index contributed by atoms with van der Waals surface area (Å²) in [6.45, 7) is 0. The molecule has 0 bridgehead atoms. The third-order valence-corrected chi connectivity index (χ3v) is 11.1. The van der Waals surface area contributed by atoms with Crippen LogP contribution in [0.5, 0.6) is 0 Å². The van der Waals surface area contributed by atoms with E-state index in [0.717, 1.165) is 33.4 Å². The molecule has 4 nitrogen and oxygen atoms in total. The van der Waals surface area contributed by atoms with E-state index in [1.54, 1.807) is 0 Å². The molecule has 0 saturated carbocycles. The summed E-state index contributed by atoms with van der Waals surface area (Å²) in [5.41, 5.74) is 15.3. The van der Waals surface area contributed by atoms with Crippen LogP contribution in [-0.4, -0.2) is 19.5 Å². The van der Waals surface area contributed by atoms with Crippen LogP contribution in [0, 0.1) is 0 Å². The first-order valence-corrected chi connectivity index (χ1v) is 19.1. The molecule has 0 N–H and O–H groups in total. The van der Waals surface area contributed by atoms with Gasteiger partial charge in [-0.3, -0.25) is 0 Å². The Hall–Kier alpha value is -7.43. The van der Waals surface area contributed by atoms with Gasteiger partial charge in [-0.15, -0.1) is 0 Å². The summed E-state index contributed by atoms with van der Waals surface area (Å²) in [5.74, 6) is 2.14. The summed E-state index contributed by atoms with van der Waals surface area (Å²) in [7, 11) is 0. The lowest BCUT2D eigenvalue weighted by Crippen LogP contribution is -2.01. The fraction of sp³-hybridized carbons (Fsp3) is 0.0192. The Morgan fingerprint density at radius 3 is 1.64 bits per heavy atom. The molecule has 1 aliphatic carbocycles. The van der Waals surface area contributed by atoms with Crippen molar-refractivity contribution >= 4 is 21.8 Å². The van der Waals surface area contributed by atoms with E-state index in [1.165, 1.54) is 49.7 Å². The van der Waals surface area contributed by atoms with Crippen molar-refractivity contribution < 1.29 is 0 Å². The zero-order valence-electron chi connectivity index (χ0n) is 30.4. The second kappa shape index (κ2) is 13.2. The molecule has 0 amide bonds. The lowest BCUT2D eigenvalue weighted by Gasteiger charge is -2.15. The maximum absolute atomic E-state index is 5.02. The lowest BCUT2D eigenvalue weighted by molar-refractivity contribution is 1.02. The van der Waals surface area contributed by atoms with E-state index in [0.29, 0.717) is 17.5 Å². The topological polar surface area (TPSA) is 43.6 Å². The first-order valence-electron chi connectivity index (χ1n) is 19.1. The smallest absolute Gasteiger partial charge is 0.164 e. The van der Waals surface area contributed by atoms with Crippen LogP contribution in [0.2, 0.25) is 0 Å². The molecule has 2 heterocycles. The van der Waals surface area contributed by atoms with Crippen LogP contribution in [0.3, 0.4) is 0 Å². The van der Waals surface area contributed by atoms with Crippen LogP contribution in [0.4, 0.5) is 0 Å². The summed E-state index contributed by atoms with van der Waals surface area (Å²) in [5, 5.41) is 2.42. The van der Waals surface area contributed by atoms with Crippen molar-refractivity contribution in [1.29, 1.82) is 0 Å². The van der Waals surface area contributed by atoms with Crippen LogP contribution in [0.1, 0.15) is 22.6 Å². The Morgan fingerprint density at radius 1 is 0.339 bits per heavy atom. The van der Waals surface area contributed by atoms with E-state index >= 15 is 0 Å². The molecule has 1 atom stereocenters. The predicted octanol–water partition coefficient (Wildman–Crippen LogP) is 12.8. The second-order valence-corrected chi connectivity index (χ2v) is 14.4. The molecule has 2 aromatic heterocycles. The maximum Gasteiger partial charge on any atom is 0.164 e. The molecule has 1 aliphatic rings. The number of hydrogen-bond acceptors (Lipinski definition) is 3. The van der Waals surface area contributed by atoms with Crippen molar-refractivity contribution in [2.45, 2.75) is 5.92 Å². The fourth-order valence-electron chi connectivity index (χ4n) is 8.54. The van der Waals surface area contributed by atoms with E-state index in [1.807, 2.05) is 60.7 Å². The van der Waals surface area contributed by atoms with Gasteiger partial charge in [0.2, 0.25) is 0 Å². The Bertz CT molecular complexity index is 3020. The van der Waals surface area contributed by atoms with Gasteiger partial charge < -0.3 is 4.57 Å². The Balaban J connectivity index is 1.03. The average molecular weight is 715 g/mol. The van der Waals surface area contributed by atoms with Crippen LogP contribution < -0.4 is 0 Å². The molecule has 1 unspecified atom stereocenters. The van der Waals surface area contributed by atoms with E-state index in [4.69, 9.17) is 15.0 Å². The van der Waals surface area contributed by atoms with Crippen LogP contribution in [0.15, 0.2) is 200 Å². The first-order chi connectivity index (χ1) is 27.8. The molecule has 0 fully saturated rings. The Kier molecular flexibility index (Phi) is 7.52. The number of fused-ring (bicyclic) bond motifs is 6. The number of rotatable bonds is 6. The van der Waals surface area contributed by atoms with Gasteiger partial charge >= 0.3 is 0 Å². The van der Waals surface area contributed by atoms with Gasteiger partial charge in [0.05, 0.1) is 11.0 Å². The maximum atomic E-state index is 5.02. The van der Waals surface area contributed by atoms with Gasteiger partial charge in [0.15, 0.2) is 17.5 Å². The second-order valence-electron chi connectivity index (χ2n) is 14.4. The third-order valence-electron chi connectivity index (χ3n) is 11.1. The molecule has 8 aromatic carbocycles. The highest BCUT2D eigenvalue weighted by Gasteiger charge is 2.30. The summed E-state index contributed by atoms with van der Waals surface area (Å²) >= 11 is 0. The van der Waals surface area contributed by atoms with E-state index < -0.39 is 0 Å². The Morgan fingerprint density at radius 2 is 0.893 bits per heavy atom. The van der Waals surface area contributed by atoms with Gasteiger partial charge in [0, 0.05) is 39.1 Å². The minimum absolute atomic E-state index is 0.206. The zero-order valence-corrected chi connectivity index (χ0v) is 30.4. The standard InChI is InChI=1S/C52H34N4/c1-4-15-34(16-5-1)49-44-25-11-10-23-41(44)42-29-27-37(33-46(42)49)38-28-30-48-45(32-38)43-24-12-13-26-47(43)56(48)40-22-14-21-39(31-40)52-54-50(35-17-6-2-7-18-35)53-51(55-52)36-19-8-3-9-20-36/h1-33,49H. The summed E-state index contributed by atoms with van der Waals surface area (Å²) in [6, 6.07) is 71.2. The summed E-state index contributed by atoms with van der Waals surface area (Å²) in [6.07, 6.45) is 0. The van der Waals surface area contributed by atoms with E-state index in [2.05, 4.69) is 144 Å². The molecule has 0 radical (unpaired) electrons. The minimum Gasteiger partial charge on any atom is -0.309 e. The average Bonchev–Trinajstić information content (AvgIpc) is 3.79. The summed E-state index contributed by atoms with van der Waals surface area (Å²) in [4.78, 5) is 15.0. The molecular weight excluding hydrogens is 681 g/mol. The van der Waals surface area contributed by atoms with E-state index in [-0.39, 0.29) is 5.92 Å². The van der Waals surface area contributed by atoms with Gasteiger partial charge in [-0.05, 0) is 75.3 Å². The SMILES string of the molecule is c1ccc(-c2nc(-c3ccccc3)nc(-c3cccc(-n4c5ccccc5c5cc(-c6ccc7c(c6)C(c6ccccc6)c6ccccc6-7)ccc54)c3)n2)cc1. The van der Waals surface area contributed by atoms with Crippen LogP contribution >= 0.6 is 0 Å². The van der Waals surface area contributed by atoms with Gasteiger partial charge in [-0.1, -0.05) is 164 Å². The van der Waals surface area contributed by atoms with Gasteiger partial charge in [-0.25, -0.2) is 15.0 Å². The minimum atomic E-state index is 0.206. The molecule has 11 rings (SSSR count). The molecular formula is C52H34N4. The van der Waals surface area contributed by atoms with Crippen LogP contribution in [0.25, 0.3) is 83.9 Å². The first kappa shape index (κ1) is 32.0. The van der Waals surface area contributed by atoms with Crippen molar-refractivity contribution in [3.05, 3.63) is 217 Å². The van der Waals surface area contributed by atoms with Gasteiger partial charge in [0.25, 0.3) is 0 Å². The highest BCUT2D eigenvalue weighted by atomic mass is 15.0. The number of nitrogens with zero attached hydrogens (tertiary/aromatic N) is 4. The molecule has 56 heavy (non-hydrogen) atoms. The molecule has 0 saturated heterocycles.